The highest BCUT2D eigenvalue weighted by Gasteiger charge is 2.29. The maximum atomic E-state index is 9.09. The van der Waals surface area contributed by atoms with Gasteiger partial charge in [-0.2, -0.15) is 5.26 Å². The van der Waals surface area contributed by atoms with E-state index in [0.29, 0.717) is 17.3 Å². The van der Waals surface area contributed by atoms with Crippen LogP contribution in [-0.2, 0) is 6.54 Å². The third-order valence-electron chi connectivity index (χ3n) is 3.38. The van der Waals surface area contributed by atoms with Crippen molar-refractivity contribution < 1.29 is 0 Å². The van der Waals surface area contributed by atoms with Gasteiger partial charge in [-0.25, -0.2) is 0 Å². The molecule has 1 aliphatic carbocycles. The Morgan fingerprint density at radius 2 is 2.21 bits per heavy atom. The van der Waals surface area contributed by atoms with E-state index in [9.17, 15) is 0 Å². The van der Waals surface area contributed by atoms with Gasteiger partial charge >= 0.3 is 0 Å². The molecule has 4 heteroatoms. The molecular formula is C15H15N3S. The Morgan fingerprint density at radius 1 is 1.37 bits per heavy atom. The molecule has 0 atom stereocenters. The highest BCUT2D eigenvalue weighted by Crippen LogP contribution is 2.34. The van der Waals surface area contributed by atoms with Crippen molar-refractivity contribution in [3.05, 3.63) is 46.2 Å². The molecule has 3 rings (SSSR count). The monoisotopic (exact) mass is 269 g/mol. The van der Waals surface area contributed by atoms with Crippen LogP contribution in [0.5, 0.6) is 0 Å². The molecular weight excluding hydrogens is 254 g/mol. The highest BCUT2D eigenvalue weighted by molar-refractivity contribution is 7.09. The van der Waals surface area contributed by atoms with E-state index >= 15 is 0 Å². The van der Waals surface area contributed by atoms with Gasteiger partial charge in [0.25, 0.3) is 0 Å². The summed E-state index contributed by atoms with van der Waals surface area (Å²) in [6.07, 6.45) is 2.47. The number of benzene rings is 1. The summed E-state index contributed by atoms with van der Waals surface area (Å²) in [5, 5.41) is 11.2. The second kappa shape index (κ2) is 4.94. The maximum Gasteiger partial charge on any atom is 0.101 e. The Balaban J connectivity index is 1.90. The lowest BCUT2D eigenvalue weighted by molar-refractivity contribution is 0.803. The summed E-state index contributed by atoms with van der Waals surface area (Å²) in [7, 11) is 0. The molecule has 3 nitrogen and oxygen atoms in total. The van der Waals surface area contributed by atoms with Gasteiger partial charge in [0.05, 0.1) is 12.1 Å². The predicted octanol–water partition coefficient (Wildman–Crippen LogP) is 3.37. The van der Waals surface area contributed by atoms with E-state index in [1.165, 1.54) is 17.7 Å². The average molecular weight is 269 g/mol. The number of hydrogen-bond donors (Lipinski definition) is 1. The van der Waals surface area contributed by atoms with Gasteiger partial charge < -0.3 is 10.6 Å². The Morgan fingerprint density at radius 3 is 2.84 bits per heavy atom. The van der Waals surface area contributed by atoms with Crippen molar-refractivity contribution in [3.63, 3.8) is 0 Å². The van der Waals surface area contributed by atoms with Crippen LogP contribution in [0.3, 0.4) is 0 Å². The quantitative estimate of drug-likeness (QED) is 0.866. The van der Waals surface area contributed by atoms with E-state index in [1.807, 2.05) is 18.2 Å². The predicted molar refractivity (Wildman–Crippen MR) is 79.1 cm³/mol. The third kappa shape index (κ3) is 2.56. The molecule has 0 unspecified atom stereocenters. The van der Waals surface area contributed by atoms with Crippen LogP contribution in [0.15, 0.2) is 35.7 Å². The topological polar surface area (TPSA) is 53.0 Å². The fraction of sp³-hybridized carbons (Fsp3) is 0.267. The number of nitrogens with zero attached hydrogens (tertiary/aromatic N) is 2. The van der Waals surface area contributed by atoms with E-state index in [2.05, 4.69) is 28.5 Å². The molecule has 2 N–H and O–H groups in total. The number of rotatable bonds is 4. The summed E-state index contributed by atoms with van der Waals surface area (Å²) in [5.74, 6) is 0. The normalized spacial score (nSPS) is 14.1. The van der Waals surface area contributed by atoms with Gasteiger partial charge in [0.2, 0.25) is 0 Å². The summed E-state index contributed by atoms with van der Waals surface area (Å²) in [6.45, 7) is 0.914. The molecule has 1 aliphatic rings. The minimum absolute atomic E-state index is 0.554. The number of nitrogen functional groups attached to an aromatic ring is 1. The summed E-state index contributed by atoms with van der Waals surface area (Å²) >= 11 is 1.77. The zero-order chi connectivity index (χ0) is 13.2. The number of hydrogen-bond acceptors (Lipinski definition) is 4. The minimum Gasteiger partial charge on any atom is -0.398 e. The van der Waals surface area contributed by atoms with Gasteiger partial charge in [-0.15, -0.1) is 11.3 Å². The molecule has 1 aromatic heterocycles. The third-order valence-corrected chi connectivity index (χ3v) is 4.24. The van der Waals surface area contributed by atoms with Crippen LogP contribution < -0.4 is 10.6 Å². The van der Waals surface area contributed by atoms with E-state index in [0.717, 1.165) is 12.2 Å². The van der Waals surface area contributed by atoms with E-state index in [-0.39, 0.29) is 0 Å². The lowest BCUT2D eigenvalue weighted by Crippen LogP contribution is -2.24. The molecule has 0 aliphatic heterocycles. The van der Waals surface area contributed by atoms with Crippen LogP contribution >= 0.6 is 11.3 Å². The largest absolute Gasteiger partial charge is 0.398 e. The van der Waals surface area contributed by atoms with Gasteiger partial charge in [0.15, 0.2) is 0 Å². The van der Waals surface area contributed by atoms with Crippen LogP contribution in [-0.4, -0.2) is 6.04 Å². The first-order valence-electron chi connectivity index (χ1n) is 6.36. The van der Waals surface area contributed by atoms with E-state index in [1.54, 1.807) is 11.3 Å². The fourth-order valence-corrected chi connectivity index (χ4v) is 2.91. The van der Waals surface area contributed by atoms with Crippen molar-refractivity contribution >= 4 is 22.7 Å². The van der Waals surface area contributed by atoms with Gasteiger partial charge in [-0.1, -0.05) is 6.07 Å². The molecule has 1 heterocycles. The van der Waals surface area contributed by atoms with Crippen molar-refractivity contribution in [1.82, 2.24) is 0 Å². The van der Waals surface area contributed by atoms with Crippen LogP contribution in [0.25, 0.3) is 0 Å². The highest BCUT2D eigenvalue weighted by atomic mass is 32.1. The Bertz CT molecular complexity index is 609. The first kappa shape index (κ1) is 12.1. The smallest absolute Gasteiger partial charge is 0.101 e. The van der Waals surface area contributed by atoms with Crippen molar-refractivity contribution in [2.45, 2.75) is 25.4 Å². The van der Waals surface area contributed by atoms with E-state index in [4.69, 9.17) is 11.0 Å². The van der Waals surface area contributed by atoms with Crippen LogP contribution in [0, 0.1) is 11.3 Å². The number of nitriles is 1. The molecule has 0 bridgehead atoms. The van der Waals surface area contributed by atoms with Gasteiger partial charge in [0.1, 0.15) is 6.07 Å². The molecule has 2 aromatic rings. The maximum absolute atomic E-state index is 9.09. The van der Waals surface area contributed by atoms with Gasteiger partial charge in [0, 0.05) is 22.3 Å². The minimum atomic E-state index is 0.554. The summed E-state index contributed by atoms with van der Waals surface area (Å²) in [4.78, 5) is 3.73. The Labute approximate surface area is 116 Å². The van der Waals surface area contributed by atoms with Crippen LogP contribution in [0.2, 0.25) is 0 Å². The number of nitrogens with two attached hydrogens (primary N) is 1. The Kier molecular flexibility index (Phi) is 3.14. The second-order valence-corrected chi connectivity index (χ2v) is 5.85. The number of thiophene rings is 1. The first-order chi connectivity index (χ1) is 9.28. The molecule has 0 radical (unpaired) electrons. The van der Waals surface area contributed by atoms with Crippen LogP contribution in [0.1, 0.15) is 23.3 Å². The van der Waals surface area contributed by atoms with Crippen LogP contribution in [0.4, 0.5) is 11.4 Å². The fourth-order valence-electron chi connectivity index (χ4n) is 2.21. The molecule has 0 saturated heterocycles. The van der Waals surface area contributed by atoms with E-state index < -0.39 is 0 Å². The van der Waals surface area contributed by atoms with Crippen molar-refractivity contribution in [2.75, 3.05) is 10.6 Å². The summed E-state index contributed by atoms with van der Waals surface area (Å²) < 4.78 is 0. The second-order valence-electron chi connectivity index (χ2n) is 4.82. The molecule has 1 saturated carbocycles. The molecule has 1 fully saturated rings. The van der Waals surface area contributed by atoms with Crippen molar-refractivity contribution in [2.24, 2.45) is 0 Å². The van der Waals surface area contributed by atoms with Crippen molar-refractivity contribution in [3.8, 4) is 6.07 Å². The van der Waals surface area contributed by atoms with Gasteiger partial charge in [-0.3, -0.25) is 0 Å². The summed E-state index contributed by atoms with van der Waals surface area (Å²) in [5.41, 5.74) is 8.01. The number of anilines is 2. The molecule has 19 heavy (non-hydrogen) atoms. The SMILES string of the molecule is N#Cc1cc(N(Cc2cccs2)C2CC2)ccc1N. The first-order valence-corrected chi connectivity index (χ1v) is 7.24. The van der Waals surface area contributed by atoms with Gasteiger partial charge in [-0.05, 0) is 42.5 Å². The lowest BCUT2D eigenvalue weighted by atomic mass is 10.1. The van der Waals surface area contributed by atoms with Crippen molar-refractivity contribution in [1.29, 1.82) is 5.26 Å². The zero-order valence-electron chi connectivity index (χ0n) is 10.5. The molecule has 1 aromatic carbocycles. The average Bonchev–Trinajstić information content (AvgIpc) is 3.14. The summed E-state index contributed by atoms with van der Waals surface area (Å²) in [6, 6.07) is 12.8. The molecule has 96 valence electrons. The lowest BCUT2D eigenvalue weighted by Gasteiger charge is -2.24. The zero-order valence-corrected chi connectivity index (χ0v) is 11.4. The Hall–Kier alpha value is -1.99. The molecule has 0 spiro atoms. The molecule has 0 amide bonds. The standard InChI is InChI=1S/C15H15N3S/c16-9-11-8-13(5-6-15(11)17)18(12-3-4-12)10-14-2-1-7-19-14/h1-2,5-8,12H,3-4,10,17H2.